The second kappa shape index (κ2) is 10.9. The van der Waals surface area contributed by atoms with Gasteiger partial charge >= 0.3 is 0 Å². The topological polar surface area (TPSA) is 69.7 Å². The number of carbonyl (C=O) groups is 3. The van der Waals surface area contributed by atoms with Crippen LogP contribution in [0.4, 0.5) is 4.39 Å². The first-order valence-electron chi connectivity index (χ1n) is 11.0. The van der Waals surface area contributed by atoms with E-state index in [0.717, 1.165) is 11.1 Å². The third-order valence-corrected chi connectivity index (χ3v) is 5.94. The van der Waals surface area contributed by atoms with E-state index in [2.05, 4.69) is 5.32 Å². The molecule has 0 saturated carbocycles. The summed E-state index contributed by atoms with van der Waals surface area (Å²) in [4.78, 5) is 41.5. The molecule has 3 amide bonds. The molecule has 0 radical (unpaired) electrons. The SMILES string of the molecule is CCN(CC(=O)NCc1ccc(F)cc1)C(=O)C1CCN(C(=O)c2ccccc2C)CC1. The van der Waals surface area contributed by atoms with Gasteiger partial charge in [0.1, 0.15) is 5.82 Å². The Morgan fingerprint density at radius 2 is 1.72 bits per heavy atom. The van der Waals surface area contributed by atoms with Crippen molar-refractivity contribution in [2.45, 2.75) is 33.2 Å². The minimum atomic E-state index is -0.325. The average Bonchev–Trinajstić information content (AvgIpc) is 2.81. The number of hydrogen-bond acceptors (Lipinski definition) is 3. The summed E-state index contributed by atoms with van der Waals surface area (Å²) in [5, 5.41) is 2.78. The molecular weight excluding hydrogens is 409 g/mol. The van der Waals surface area contributed by atoms with Crippen LogP contribution in [0.3, 0.4) is 0 Å². The number of piperidine rings is 1. The summed E-state index contributed by atoms with van der Waals surface area (Å²) in [5.74, 6) is -0.819. The highest BCUT2D eigenvalue weighted by Gasteiger charge is 2.31. The normalized spacial score (nSPS) is 14.2. The number of hydrogen-bond donors (Lipinski definition) is 1. The largest absolute Gasteiger partial charge is 0.350 e. The summed E-state index contributed by atoms with van der Waals surface area (Å²) >= 11 is 0. The molecule has 0 unspecified atom stereocenters. The van der Waals surface area contributed by atoms with Crippen molar-refractivity contribution in [3.8, 4) is 0 Å². The van der Waals surface area contributed by atoms with Crippen LogP contribution in [0, 0.1) is 18.7 Å². The summed E-state index contributed by atoms with van der Waals surface area (Å²) in [6.45, 7) is 5.52. The third-order valence-electron chi connectivity index (χ3n) is 5.94. The molecule has 32 heavy (non-hydrogen) atoms. The van der Waals surface area contributed by atoms with Crippen molar-refractivity contribution in [2.24, 2.45) is 5.92 Å². The molecule has 0 aromatic heterocycles. The first-order chi connectivity index (χ1) is 15.4. The van der Waals surface area contributed by atoms with E-state index in [-0.39, 0.29) is 42.5 Å². The van der Waals surface area contributed by atoms with Gasteiger partial charge < -0.3 is 15.1 Å². The van der Waals surface area contributed by atoms with Gasteiger partial charge in [-0.15, -0.1) is 0 Å². The number of likely N-dealkylation sites (N-methyl/N-ethyl adjacent to an activating group) is 1. The number of carbonyl (C=O) groups excluding carboxylic acids is 3. The lowest BCUT2D eigenvalue weighted by Gasteiger charge is -2.34. The highest BCUT2D eigenvalue weighted by atomic mass is 19.1. The molecule has 1 fully saturated rings. The van der Waals surface area contributed by atoms with Gasteiger partial charge in [-0.3, -0.25) is 14.4 Å². The molecule has 2 aromatic rings. The van der Waals surface area contributed by atoms with Crippen LogP contribution in [0.5, 0.6) is 0 Å². The Labute approximate surface area is 188 Å². The standard InChI is InChI=1S/C25H30FN3O3/c1-3-28(17-23(30)27-16-19-8-10-21(26)11-9-19)24(31)20-12-14-29(15-13-20)25(32)22-7-5-4-6-18(22)2/h4-11,20H,3,12-17H2,1-2H3,(H,27,30). The third kappa shape index (κ3) is 5.93. The number of halogens is 1. The maximum absolute atomic E-state index is 13.0. The maximum atomic E-state index is 13.0. The molecule has 0 atom stereocenters. The van der Waals surface area contributed by atoms with Gasteiger partial charge in [0, 0.05) is 37.7 Å². The predicted molar refractivity (Wildman–Crippen MR) is 120 cm³/mol. The summed E-state index contributed by atoms with van der Waals surface area (Å²) in [5.41, 5.74) is 2.43. The van der Waals surface area contributed by atoms with E-state index in [1.165, 1.54) is 12.1 Å². The van der Waals surface area contributed by atoms with E-state index in [9.17, 15) is 18.8 Å². The Morgan fingerprint density at radius 3 is 2.34 bits per heavy atom. The fourth-order valence-corrected chi connectivity index (χ4v) is 3.95. The van der Waals surface area contributed by atoms with E-state index in [4.69, 9.17) is 0 Å². The molecular formula is C25H30FN3O3. The minimum Gasteiger partial charge on any atom is -0.350 e. The van der Waals surface area contributed by atoms with Gasteiger partial charge in [0.05, 0.1) is 6.54 Å². The molecule has 1 aliphatic heterocycles. The van der Waals surface area contributed by atoms with Crippen molar-refractivity contribution in [3.05, 3.63) is 71.0 Å². The van der Waals surface area contributed by atoms with Crippen molar-refractivity contribution in [1.29, 1.82) is 0 Å². The van der Waals surface area contributed by atoms with Crippen LogP contribution in [-0.4, -0.2) is 53.7 Å². The highest BCUT2D eigenvalue weighted by Crippen LogP contribution is 2.22. The van der Waals surface area contributed by atoms with Gasteiger partial charge in [-0.05, 0) is 56.0 Å². The molecule has 6 nitrogen and oxygen atoms in total. The second-order valence-electron chi connectivity index (χ2n) is 8.14. The summed E-state index contributed by atoms with van der Waals surface area (Å²) in [6, 6.07) is 13.4. The Balaban J connectivity index is 1.49. The van der Waals surface area contributed by atoms with Crippen LogP contribution in [-0.2, 0) is 16.1 Å². The number of rotatable bonds is 7. The lowest BCUT2D eigenvalue weighted by atomic mass is 9.94. The molecule has 3 rings (SSSR count). The number of benzene rings is 2. The van der Waals surface area contributed by atoms with Gasteiger partial charge in [0.15, 0.2) is 0 Å². The van der Waals surface area contributed by atoms with Crippen LogP contribution in [0.2, 0.25) is 0 Å². The molecule has 1 N–H and O–H groups in total. The van der Waals surface area contributed by atoms with Crippen LogP contribution in [0.1, 0.15) is 41.3 Å². The van der Waals surface area contributed by atoms with E-state index in [0.29, 0.717) is 38.0 Å². The zero-order valence-corrected chi connectivity index (χ0v) is 18.6. The number of aryl methyl sites for hydroxylation is 1. The molecule has 0 aliphatic carbocycles. The van der Waals surface area contributed by atoms with Crippen LogP contribution < -0.4 is 5.32 Å². The number of likely N-dealkylation sites (tertiary alicyclic amines) is 1. The fourth-order valence-electron chi connectivity index (χ4n) is 3.95. The van der Waals surface area contributed by atoms with E-state index >= 15 is 0 Å². The Hall–Kier alpha value is -3.22. The average molecular weight is 440 g/mol. The number of nitrogens with zero attached hydrogens (tertiary/aromatic N) is 2. The Morgan fingerprint density at radius 1 is 1.06 bits per heavy atom. The van der Waals surface area contributed by atoms with E-state index in [1.807, 2.05) is 38.1 Å². The van der Waals surface area contributed by atoms with Crippen molar-refractivity contribution in [3.63, 3.8) is 0 Å². The number of nitrogens with one attached hydrogen (secondary N) is 1. The summed E-state index contributed by atoms with van der Waals surface area (Å²) in [7, 11) is 0. The first kappa shape index (κ1) is 23.4. The summed E-state index contributed by atoms with van der Waals surface area (Å²) in [6.07, 6.45) is 1.17. The maximum Gasteiger partial charge on any atom is 0.254 e. The second-order valence-corrected chi connectivity index (χ2v) is 8.14. The fraction of sp³-hybridized carbons (Fsp3) is 0.400. The zero-order valence-electron chi connectivity index (χ0n) is 18.6. The quantitative estimate of drug-likeness (QED) is 0.721. The van der Waals surface area contributed by atoms with Crippen LogP contribution in [0.25, 0.3) is 0 Å². The van der Waals surface area contributed by atoms with Gasteiger partial charge in [0.2, 0.25) is 11.8 Å². The van der Waals surface area contributed by atoms with Crippen molar-refractivity contribution in [1.82, 2.24) is 15.1 Å². The Kier molecular flexibility index (Phi) is 7.98. The highest BCUT2D eigenvalue weighted by molar-refractivity contribution is 5.95. The molecule has 0 spiro atoms. The van der Waals surface area contributed by atoms with Crippen molar-refractivity contribution in [2.75, 3.05) is 26.2 Å². The van der Waals surface area contributed by atoms with E-state index < -0.39 is 0 Å². The zero-order chi connectivity index (χ0) is 23.1. The van der Waals surface area contributed by atoms with Gasteiger partial charge in [-0.2, -0.15) is 0 Å². The van der Waals surface area contributed by atoms with Crippen molar-refractivity contribution >= 4 is 17.7 Å². The van der Waals surface area contributed by atoms with Gasteiger partial charge in [0.25, 0.3) is 5.91 Å². The molecule has 170 valence electrons. The smallest absolute Gasteiger partial charge is 0.254 e. The van der Waals surface area contributed by atoms with Gasteiger partial charge in [-0.1, -0.05) is 30.3 Å². The lowest BCUT2D eigenvalue weighted by molar-refractivity contribution is -0.140. The van der Waals surface area contributed by atoms with Crippen LogP contribution >= 0.6 is 0 Å². The Bertz CT molecular complexity index is 953. The predicted octanol–water partition coefficient (Wildman–Crippen LogP) is 3.15. The lowest BCUT2D eigenvalue weighted by Crippen LogP contribution is -2.47. The molecule has 1 saturated heterocycles. The first-order valence-corrected chi connectivity index (χ1v) is 11.0. The van der Waals surface area contributed by atoms with Crippen molar-refractivity contribution < 1.29 is 18.8 Å². The number of amides is 3. The van der Waals surface area contributed by atoms with Gasteiger partial charge in [-0.25, -0.2) is 4.39 Å². The molecule has 1 heterocycles. The summed E-state index contributed by atoms with van der Waals surface area (Å²) < 4.78 is 13.0. The monoisotopic (exact) mass is 439 g/mol. The van der Waals surface area contributed by atoms with Crippen LogP contribution in [0.15, 0.2) is 48.5 Å². The minimum absolute atomic E-state index is 0.00141. The molecule has 2 aromatic carbocycles. The molecule has 1 aliphatic rings. The molecule has 7 heteroatoms. The molecule has 0 bridgehead atoms. The van der Waals surface area contributed by atoms with E-state index in [1.54, 1.807) is 21.9 Å².